The van der Waals surface area contributed by atoms with E-state index in [-0.39, 0.29) is 28.1 Å². The van der Waals surface area contributed by atoms with Crippen LogP contribution >= 0.6 is 0 Å². The predicted molar refractivity (Wildman–Crippen MR) is 104 cm³/mol. The highest BCUT2D eigenvalue weighted by Crippen LogP contribution is 2.22. The van der Waals surface area contributed by atoms with Gasteiger partial charge in [0.25, 0.3) is 5.69 Å². The van der Waals surface area contributed by atoms with E-state index >= 15 is 0 Å². The average molecular weight is 388 g/mol. The van der Waals surface area contributed by atoms with Crippen LogP contribution in [0, 0.1) is 27.3 Å². The minimum atomic E-state index is -0.735. The van der Waals surface area contributed by atoms with Crippen LogP contribution in [-0.4, -0.2) is 10.9 Å². The third kappa shape index (κ3) is 4.70. The van der Waals surface area contributed by atoms with Gasteiger partial charge in [0.2, 0.25) is 0 Å². The molecule has 0 aliphatic heterocycles. The third-order valence-electron chi connectivity index (χ3n) is 3.98. The molecule has 0 saturated carbocycles. The number of esters is 1. The highest BCUT2D eigenvalue weighted by molar-refractivity contribution is 5.92. The van der Waals surface area contributed by atoms with E-state index in [4.69, 9.17) is 4.74 Å². The molecule has 3 aromatic rings. The van der Waals surface area contributed by atoms with Crippen molar-refractivity contribution >= 4 is 23.3 Å². The minimum Gasteiger partial charge on any atom is -0.423 e. The summed E-state index contributed by atoms with van der Waals surface area (Å²) in [5.74, 6) is -1.01. The summed E-state index contributed by atoms with van der Waals surface area (Å²) in [6.45, 7) is 0. The zero-order valence-corrected chi connectivity index (χ0v) is 14.9. The van der Waals surface area contributed by atoms with Gasteiger partial charge < -0.3 is 4.74 Å². The number of allylic oxidation sites excluding steroid dienone is 1. The van der Waals surface area contributed by atoms with Crippen molar-refractivity contribution < 1.29 is 18.8 Å². The first-order valence-corrected chi connectivity index (χ1v) is 8.41. The van der Waals surface area contributed by atoms with E-state index in [1.807, 2.05) is 6.07 Å². The number of halogens is 1. The Labute approximate surface area is 165 Å². The number of nitro benzene ring substituents is 1. The fraction of sp³-hybridized carbons (Fsp3) is 0. The smallest absolute Gasteiger partial charge is 0.343 e. The molecule has 0 bridgehead atoms. The third-order valence-corrected chi connectivity index (χ3v) is 3.98. The highest BCUT2D eigenvalue weighted by atomic mass is 19.1. The van der Waals surface area contributed by atoms with E-state index in [9.17, 15) is 24.6 Å². The van der Waals surface area contributed by atoms with Crippen LogP contribution in [0.4, 0.5) is 10.1 Å². The number of carbonyl (C=O) groups is 1. The zero-order chi connectivity index (χ0) is 20.8. The van der Waals surface area contributed by atoms with Gasteiger partial charge in [0.15, 0.2) is 0 Å². The Kier molecular flexibility index (Phi) is 5.76. The van der Waals surface area contributed by atoms with E-state index in [1.54, 1.807) is 24.3 Å². The van der Waals surface area contributed by atoms with Crippen molar-refractivity contribution in [2.24, 2.45) is 0 Å². The lowest BCUT2D eigenvalue weighted by Crippen LogP contribution is -2.08. The number of hydrogen-bond donors (Lipinski definition) is 0. The second kappa shape index (κ2) is 8.59. The Balaban J connectivity index is 1.77. The van der Waals surface area contributed by atoms with Crippen molar-refractivity contribution in [3.8, 4) is 11.8 Å². The second-order valence-corrected chi connectivity index (χ2v) is 5.92. The van der Waals surface area contributed by atoms with Crippen LogP contribution in [0.1, 0.15) is 21.5 Å². The molecule has 3 aromatic carbocycles. The molecule has 0 N–H and O–H groups in total. The number of benzene rings is 3. The number of rotatable bonds is 5. The summed E-state index contributed by atoms with van der Waals surface area (Å²) < 4.78 is 19.1. The summed E-state index contributed by atoms with van der Waals surface area (Å²) in [6, 6.07) is 19.4. The molecule has 29 heavy (non-hydrogen) atoms. The molecule has 7 heteroatoms. The first-order chi connectivity index (χ1) is 14.0. The average Bonchev–Trinajstić information content (AvgIpc) is 2.74. The Bertz CT molecular complexity index is 1150. The molecule has 0 unspecified atom stereocenters. The molecule has 0 radical (unpaired) electrons. The molecule has 6 nitrogen and oxygen atoms in total. The van der Waals surface area contributed by atoms with Gasteiger partial charge in [-0.3, -0.25) is 10.1 Å². The molecule has 0 aliphatic carbocycles. The van der Waals surface area contributed by atoms with Gasteiger partial charge in [-0.15, -0.1) is 0 Å². The fourth-order valence-corrected chi connectivity index (χ4v) is 2.56. The van der Waals surface area contributed by atoms with Crippen molar-refractivity contribution in [2.45, 2.75) is 0 Å². The van der Waals surface area contributed by atoms with Gasteiger partial charge in [0.05, 0.1) is 22.1 Å². The molecule has 0 heterocycles. The van der Waals surface area contributed by atoms with Crippen molar-refractivity contribution in [1.29, 1.82) is 5.26 Å². The predicted octanol–water partition coefficient (Wildman–Crippen LogP) is 5.02. The van der Waals surface area contributed by atoms with Gasteiger partial charge in [0.1, 0.15) is 11.6 Å². The van der Waals surface area contributed by atoms with E-state index in [0.717, 1.165) is 6.07 Å². The number of non-ortho nitro benzene ring substituents is 1. The van der Waals surface area contributed by atoms with Crippen molar-refractivity contribution in [3.63, 3.8) is 0 Å². The number of nitrogens with zero attached hydrogens (tertiary/aromatic N) is 2. The van der Waals surface area contributed by atoms with Gasteiger partial charge in [-0.25, -0.2) is 9.18 Å². The van der Waals surface area contributed by atoms with E-state index in [1.165, 1.54) is 48.5 Å². The maximum atomic E-state index is 13.9. The van der Waals surface area contributed by atoms with Crippen LogP contribution in [0.2, 0.25) is 0 Å². The normalized spacial score (nSPS) is 10.8. The van der Waals surface area contributed by atoms with Crippen molar-refractivity contribution in [1.82, 2.24) is 0 Å². The van der Waals surface area contributed by atoms with Crippen LogP contribution in [0.25, 0.3) is 11.6 Å². The number of nitro groups is 1. The standard InChI is InChI=1S/C22H13FN2O4/c23-21-7-2-1-6-20(21)17(14-24)12-15-8-10-19(11-9-15)29-22(26)16-4-3-5-18(13-16)25(27)28/h1-13H/b17-12-. The van der Waals surface area contributed by atoms with Crippen LogP contribution in [0.5, 0.6) is 5.75 Å². The van der Waals surface area contributed by atoms with Crippen LogP contribution in [0.3, 0.4) is 0 Å². The minimum absolute atomic E-state index is 0.0505. The lowest BCUT2D eigenvalue weighted by Gasteiger charge is -2.05. The molecule has 0 aliphatic rings. The topological polar surface area (TPSA) is 93.2 Å². The molecule has 0 atom stereocenters. The van der Waals surface area contributed by atoms with Gasteiger partial charge in [0, 0.05) is 17.7 Å². The maximum absolute atomic E-state index is 13.9. The van der Waals surface area contributed by atoms with Crippen LogP contribution in [0.15, 0.2) is 72.8 Å². The van der Waals surface area contributed by atoms with Gasteiger partial charge in [-0.05, 0) is 35.9 Å². The first-order valence-electron chi connectivity index (χ1n) is 8.41. The van der Waals surface area contributed by atoms with E-state index < -0.39 is 16.7 Å². The zero-order valence-electron chi connectivity index (χ0n) is 14.9. The van der Waals surface area contributed by atoms with Crippen LogP contribution < -0.4 is 4.74 Å². The van der Waals surface area contributed by atoms with Gasteiger partial charge in [-0.1, -0.05) is 36.4 Å². The fourth-order valence-electron chi connectivity index (χ4n) is 2.56. The van der Waals surface area contributed by atoms with Gasteiger partial charge in [-0.2, -0.15) is 5.26 Å². The monoisotopic (exact) mass is 388 g/mol. The number of nitriles is 1. The summed E-state index contributed by atoms with van der Waals surface area (Å²) in [7, 11) is 0. The summed E-state index contributed by atoms with van der Waals surface area (Å²) in [5.41, 5.74) is 0.798. The SMILES string of the molecule is N#C/C(=C/c1ccc(OC(=O)c2cccc([N+](=O)[O-])c2)cc1)c1ccccc1F. The molecular formula is C22H13FN2O4. The molecule has 3 rings (SSSR count). The van der Waals surface area contributed by atoms with Gasteiger partial charge >= 0.3 is 5.97 Å². The summed E-state index contributed by atoms with van der Waals surface area (Å²) in [4.78, 5) is 22.4. The molecular weight excluding hydrogens is 375 g/mol. The lowest BCUT2D eigenvalue weighted by molar-refractivity contribution is -0.384. The highest BCUT2D eigenvalue weighted by Gasteiger charge is 2.13. The molecule has 0 aromatic heterocycles. The molecule has 0 amide bonds. The van der Waals surface area contributed by atoms with Crippen molar-refractivity contribution in [2.75, 3.05) is 0 Å². The molecule has 0 fully saturated rings. The quantitative estimate of drug-likeness (QED) is 0.153. The molecule has 0 spiro atoms. The second-order valence-electron chi connectivity index (χ2n) is 5.92. The number of hydrogen-bond acceptors (Lipinski definition) is 5. The first kappa shape index (κ1) is 19.5. The molecule has 142 valence electrons. The summed E-state index contributed by atoms with van der Waals surface area (Å²) in [6.07, 6.45) is 1.52. The Morgan fingerprint density at radius 3 is 2.45 bits per heavy atom. The Hall–Kier alpha value is -4.31. The van der Waals surface area contributed by atoms with Crippen LogP contribution in [-0.2, 0) is 0 Å². The maximum Gasteiger partial charge on any atom is 0.343 e. The Morgan fingerprint density at radius 1 is 1.07 bits per heavy atom. The number of ether oxygens (including phenoxy) is 1. The Morgan fingerprint density at radius 2 is 1.79 bits per heavy atom. The summed E-state index contributed by atoms with van der Waals surface area (Å²) >= 11 is 0. The largest absolute Gasteiger partial charge is 0.423 e. The van der Waals surface area contributed by atoms with E-state index in [2.05, 4.69) is 0 Å². The summed E-state index contributed by atoms with van der Waals surface area (Å²) in [5, 5.41) is 20.1. The lowest BCUT2D eigenvalue weighted by atomic mass is 10.0. The van der Waals surface area contributed by atoms with E-state index in [0.29, 0.717) is 5.56 Å². The van der Waals surface area contributed by atoms with Crippen molar-refractivity contribution in [3.05, 3.63) is 105 Å². The molecule has 0 saturated heterocycles. The number of carbonyl (C=O) groups excluding carboxylic acids is 1.